The summed E-state index contributed by atoms with van der Waals surface area (Å²) in [6.07, 6.45) is 15.0. The Morgan fingerprint density at radius 3 is 2.41 bits per heavy atom. The molecule has 0 aliphatic heterocycles. The summed E-state index contributed by atoms with van der Waals surface area (Å²) >= 11 is 0. The number of carbonyl (C=O) groups excluding carboxylic acids is 2. The molecule has 4 aliphatic rings. The van der Waals surface area contributed by atoms with Crippen molar-refractivity contribution in [1.29, 1.82) is 0 Å². The van der Waals surface area contributed by atoms with Crippen LogP contribution < -0.4 is 0 Å². The van der Waals surface area contributed by atoms with E-state index in [2.05, 4.69) is 27.7 Å². The Morgan fingerprint density at radius 2 is 1.68 bits per heavy atom. The van der Waals surface area contributed by atoms with E-state index in [0.29, 0.717) is 41.3 Å². The number of hydrogen-bond donors (Lipinski definition) is 1. The minimum absolute atomic E-state index is 0.109. The second-order valence-corrected chi connectivity index (χ2v) is 12.9. The molecule has 4 saturated carbocycles. The van der Waals surface area contributed by atoms with Gasteiger partial charge >= 0.3 is 0 Å². The van der Waals surface area contributed by atoms with Crippen molar-refractivity contribution in [3.63, 3.8) is 0 Å². The van der Waals surface area contributed by atoms with Gasteiger partial charge in [-0.3, -0.25) is 9.59 Å². The van der Waals surface area contributed by atoms with E-state index in [1.165, 1.54) is 44.9 Å². The van der Waals surface area contributed by atoms with Crippen LogP contribution in [0.5, 0.6) is 0 Å². The van der Waals surface area contributed by atoms with E-state index in [-0.39, 0.29) is 11.5 Å². The lowest BCUT2D eigenvalue weighted by atomic mass is 9.42. The summed E-state index contributed by atoms with van der Waals surface area (Å²) in [4.78, 5) is 26.6. The van der Waals surface area contributed by atoms with Gasteiger partial charge in [0.2, 0.25) is 5.91 Å². The zero-order valence-corrected chi connectivity index (χ0v) is 22.5. The second-order valence-electron chi connectivity index (χ2n) is 12.9. The molecule has 0 aromatic rings. The summed E-state index contributed by atoms with van der Waals surface area (Å²) < 4.78 is 0. The van der Waals surface area contributed by atoms with Crippen molar-refractivity contribution in [1.82, 2.24) is 4.90 Å². The van der Waals surface area contributed by atoms with Crippen LogP contribution in [0.25, 0.3) is 0 Å². The molecule has 0 heterocycles. The Morgan fingerprint density at radius 1 is 0.971 bits per heavy atom. The zero-order chi connectivity index (χ0) is 24.5. The monoisotopic (exact) mass is 473 g/mol. The van der Waals surface area contributed by atoms with E-state index in [9.17, 15) is 14.7 Å². The molecule has 1 N–H and O–H groups in total. The van der Waals surface area contributed by atoms with Gasteiger partial charge in [0, 0.05) is 32.4 Å². The molecule has 194 valence electrons. The zero-order valence-electron chi connectivity index (χ0n) is 22.5. The Hall–Kier alpha value is -0.900. The lowest BCUT2D eigenvalue weighted by Crippen LogP contribution is -2.57. The first kappa shape index (κ1) is 26.2. The number of Topliss-reactive ketones (excluding diaryl/α,β-unsaturated/α-hetero) is 1. The molecule has 0 spiro atoms. The van der Waals surface area contributed by atoms with Crippen LogP contribution in [0.4, 0.5) is 0 Å². The van der Waals surface area contributed by atoms with Crippen LogP contribution in [-0.4, -0.2) is 40.9 Å². The third-order valence-electron chi connectivity index (χ3n) is 11.4. The lowest BCUT2D eigenvalue weighted by Gasteiger charge is -2.62. The van der Waals surface area contributed by atoms with Crippen molar-refractivity contribution in [2.75, 3.05) is 13.1 Å². The van der Waals surface area contributed by atoms with Gasteiger partial charge in [0.05, 0.1) is 6.10 Å². The van der Waals surface area contributed by atoms with Crippen LogP contribution >= 0.6 is 0 Å². The number of unbranched alkanes of at least 4 members (excludes halogenated alkanes) is 3. The Labute approximate surface area is 208 Å². The van der Waals surface area contributed by atoms with E-state index < -0.39 is 0 Å². The van der Waals surface area contributed by atoms with Crippen LogP contribution in [0.2, 0.25) is 0 Å². The quantitative estimate of drug-likeness (QED) is 0.395. The van der Waals surface area contributed by atoms with Gasteiger partial charge in [-0.15, -0.1) is 0 Å². The predicted octanol–water partition coefficient (Wildman–Crippen LogP) is 6.39. The SMILES string of the molecule is CCN(CC)C(=O)CCCCCCC1C[C@H]2CC(=O)CC[C@]2(C)[C@H]2CC[C@]3(C)[C@@H](O)CC[C@H]3[C@H]12. The number of amides is 1. The predicted molar refractivity (Wildman–Crippen MR) is 137 cm³/mol. The van der Waals surface area contributed by atoms with Crippen molar-refractivity contribution in [3.8, 4) is 0 Å². The minimum atomic E-state index is -0.124. The molecule has 0 saturated heterocycles. The molecule has 1 unspecified atom stereocenters. The highest BCUT2D eigenvalue weighted by atomic mass is 16.3. The van der Waals surface area contributed by atoms with Crippen LogP contribution in [0.15, 0.2) is 0 Å². The molecule has 4 nitrogen and oxygen atoms in total. The van der Waals surface area contributed by atoms with Crippen molar-refractivity contribution in [2.24, 2.45) is 40.4 Å². The Kier molecular flexibility index (Phi) is 8.17. The fourth-order valence-corrected chi connectivity index (χ4v) is 9.26. The van der Waals surface area contributed by atoms with Gasteiger partial charge in [0.1, 0.15) is 5.78 Å². The molecule has 0 aromatic carbocycles. The molecule has 0 bridgehead atoms. The number of ketones is 1. The van der Waals surface area contributed by atoms with E-state index in [1.807, 2.05) is 4.90 Å². The first-order valence-corrected chi connectivity index (χ1v) is 14.7. The molecule has 4 aliphatic carbocycles. The summed E-state index contributed by atoms with van der Waals surface area (Å²) in [5, 5.41) is 10.9. The standard InChI is InChI=1S/C30H51NO3/c1-5-31(6-2)27(34)12-10-8-7-9-11-21-19-22-20-23(32)15-17-29(22,3)25-16-18-30(4)24(28(21)25)13-14-26(30)33/h21-22,24-26,28,33H,5-20H2,1-4H3/t21?,22-,24-,25-,26-,28-,29-,30-/m0/s1. The van der Waals surface area contributed by atoms with E-state index in [0.717, 1.165) is 63.5 Å². The maximum absolute atomic E-state index is 12.4. The van der Waals surface area contributed by atoms with Crippen molar-refractivity contribution < 1.29 is 14.7 Å². The minimum Gasteiger partial charge on any atom is -0.393 e. The third kappa shape index (κ3) is 4.74. The van der Waals surface area contributed by atoms with Crippen molar-refractivity contribution >= 4 is 11.7 Å². The fourth-order valence-electron chi connectivity index (χ4n) is 9.26. The molecular formula is C30H51NO3. The molecule has 0 radical (unpaired) electrons. The Balaban J connectivity index is 1.38. The lowest BCUT2D eigenvalue weighted by molar-refractivity contribution is -0.156. The maximum Gasteiger partial charge on any atom is 0.222 e. The van der Waals surface area contributed by atoms with E-state index in [1.54, 1.807) is 0 Å². The number of aliphatic hydroxyl groups excluding tert-OH is 1. The van der Waals surface area contributed by atoms with Gasteiger partial charge in [-0.25, -0.2) is 0 Å². The summed E-state index contributed by atoms with van der Waals surface area (Å²) in [7, 11) is 0. The van der Waals surface area contributed by atoms with E-state index in [4.69, 9.17) is 0 Å². The molecule has 4 rings (SSSR count). The largest absolute Gasteiger partial charge is 0.393 e. The number of aliphatic hydroxyl groups is 1. The molecule has 4 heteroatoms. The fraction of sp³-hybridized carbons (Fsp3) is 0.933. The molecule has 34 heavy (non-hydrogen) atoms. The number of hydrogen-bond acceptors (Lipinski definition) is 3. The third-order valence-corrected chi connectivity index (χ3v) is 11.4. The van der Waals surface area contributed by atoms with Crippen LogP contribution in [0, 0.1) is 40.4 Å². The highest BCUT2D eigenvalue weighted by Gasteiger charge is 2.62. The molecule has 1 amide bonds. The van der Waals surface area contributed by atoms with Gasteiger partial charge in [-0.05, 0) is 99.2 Å². The average molecular weight is 474 g/mol. The summed E-state index contributed by atoms with van der Waals surface area (Å²) in [5.74, 6) is 4.21. The summed E-state index contributed by atoms with van der Waals surface area (Å²) in [6, 6.07) is 0. The van der Waals surface area contributed by atoms with Crippen LogP contribution in [-0.2, 0) is 9.59 Å². The first-order chi connectivity index (χ1) is 16.2. The summed E-state index contributed by atoms with van der Waals surface area (Å²) in [6.45, 7) is 10.7. The molecule has 0 aromatic heterocycles. The van der Waals surface area contributed by atoms with Crippen molar-refractivity contribution in [2.45, 2.75) is 124 Å². The highest BCUT2D eigenvalue weighted by molar-refractivity contribution is 5.79. The van der Waals surface area contributed by atoms with Crippen LogP contribution in [0.3, 0.4) is 0 Å². The average Bonchev–Trinajstić information content (AvgIpc) is 3.12. The van der Waals surface area contributed by atoms with Crippen LogP contribution in [0.1, 0.15) is 118 Å². The van der Waals surface area contributed by atoms with Gasteiger partial charge in [0.25, 0.3) is 0 Å². The first-order valence-electron chi connectivity index (χ1n) is 14.7. The molecular weight excluding hydrogens is 422 g/mol. The normalized spacial score (nSPS) is 41.5. The smallest absolute Gasteiger partial charge is 0.222 e. The van der Waals surface area contributed by atoms with Gasteiger partial charge in [-0.1, -0.05) is 39.5 Å². The number of rotatable bonds is 9. The number of nitrogens with zero attached hydrogens (tertiary/aromatic N) is 1. The topological polar surface area (TPSA) is 57.6 Å². The van der Waals surface area contributed by atoms with Gasteiger partial charge in [0.15, 0.2) is 0 Å². The number of fused-ring (bicyclic) bond motifs is 5. The Bertz CT molecular complexity index is 733. The second kappa shape index (κ2) is 10.6. The van der Waals surface area contributed by atoms with Gasteiger partial charge in [-0.2, -0.15) is 0 Å². The molecule has 8 atom stereocenters. The van der Waals surface area contributed by atoms with Crippen molar-refractivity contribution in [3.05, 3.63) is 0 Å². The molecule has 4 fully saturated rings. The van der Waals surface area contributed by atoms with E-state index >= 15 is 0 Å². The highest BCUT2D eigenvalue weighted by Crippen LogP contribution is 2.67. The maximum atomic E-state index is 12.4. The van der Waals surface area contributed by atoms with Gasteiger partial charge < -0.3 is 10.0 Å². The number of carbonyl (C=O) groups is 2. The summed E-state index contributed by atoms with van der Waals surface area (Å²) in [5.41, 5.74) is 0.437.